The molecule has 7 heteroatoms. The van der Waals surface area contributed by atoms with Gasteiger partial charge in [-0.25, -0.2) is 9.97 Å². The van der Waals surface area contributed by atoms with Crippen molar-refractivity contribution in [1.29, 1.82) is 0 Å². The minimum atomic E-state index is 0.103. The molecule has 0 aromatic carbocycles. The third kappa shape index (κ3) is 3.55. The third-order valence-electron chi connectivity index (χ3n) is 2.63. The molecule has 2 aromatic rings. The van der Waals surface area contributed by atoms with Gasteiger partial charge in [0.05, 0.1) is 6.61 Å². The van der Waals surface area contributed by atoms with Crippen LogP contribution in [0.2, 0.25) is 0 Å². The molecule has 7 nitrogen and oxygen atoms in total. The maximum atomic E-state index is 6.07. The number of nitrogen functional groups attached to an aromatic ring is 1. The van der Waals surface area contributed by atoms with E-state index in [0.717, 1.165) is 5.69 Å². The lowest BCUT2D eigenvalue weighted by atomic mass is 10.3. The number of hydrogen-bond acceptors (Lipinski definition) is 7. The quantitative estimate of drug-likeness (QED) is 0.736. The van der Waals surface area contributed by atoms with Crippen molar-refractivity contribution in [2.75, 3.05) is 30.1 Å². The molecule has 0 fully saturated rings. The van der Waals surface area contributed by atoms with Crippen LogP contribution < -0.4 is 16.4 Å². The van der Waals surface area contributed by atoms with Gasteiger partial charge in [-0.15, -0.1) is 0 Å². The average molecular weight is 274 g/mol. The molecule has 0 spiro atoms. The zero-order valence-electron chi connectivity index (χ0n) is 11.5. The molecule has 20 heavy (non-hydrogen) atoms. The standard InChI is InChI=1S/C13H18N6O/c1-9(7-20-2)18-12-11(14)13(17-8-16-12)19-10-3-5-15-6-4-10/h3-6,8-9H,7,14H2,1-2H3,(H2,15,16,17,18,19). The smallest absolute Gasteiger partial charge is 0.159 e. The number of nitrogens with one attached hydrogen (secondary N) is 2. The molecule has 0 amide bonds. The molecule has 1 atom stereocenters. The van der Waals surface area contributed by atoms with E-state index in [1.807, 2.05) is 19.1 Å². The summed E-state index contributed by atoms with van der Waals surface area (Å²) < 4.78 is 5.07. The van der Waals surface area contributed by atoms with E-state index in [1.54, 1.807) is 19.5 Å². The Labute approximate surface area is 117 Å². The fourth-order valence-electron chi connectivity index (χ4n) is 1.71. The van der Waals surface area contributed by atoms with Crippen LogP contribution in [0, 0.1) is 0 Å². The van der Waals surface area contributed by atoms with Gasteiger partial charge in [0.1, 0.15) is 12.0 Å². The molecule has 2 aromatic heterocycles. The number of ether oxygens (including phenoxy) is 1. The van der Waals surface area contributed by atoms with Crippen molar-refractivity contribution in [3.63, 3.8) is 0 Å². The summed E-state index contributed by atoms with van der Waals surface area (Å²) >= 11 is 0. The van der Waals surface area contributed by atoms with Gasteiger partial charge in [0.2, 0.25) is 0 Å². The lowest BCUT2D eigenvalue weighted by Gasteiger charge is -2.16. The highest BCUT2D eigenvalue weighted by Crippen LogP contribution is 2.25. The highest BCUT2D eigenvalue weighted by atomic mass is 16.5. The van der Waals surface area contributed by atoms with Gasteiger partial charge in [0.15, 0.2) is 11.6 Å². The first kappa shape index (κ1) is 14.0. The number of nitrogens with zero attached hydrogens (tertiary/aromatic N) is 3. The first-order chi connectivity index (χ1) is 9.70. The van der Waals surface area contributed by atoms with Gasteiger partial charge in [0, 0.05) is 31.2 Å². The minimum Gasteiger partial charge on any atom is -0.393 e. The van der Waals surface area contributed by atoms with Crippen LogP contribution in [0.5, 0.6) is 0 Å². The Morgan fingerprint density at radius 2 is 1.95 bits per heavy atom. The minimum absolute atomic E-state index is 0.103. The van der Waals surface area contributed by atoms with Crippen LogP contribution >= 0.6 is 0 Å². The van der Waals surface area contributed by atoms with Crippen LogP contribution in [0.3, 0.4) is 0 Å². The number of methoxy groups -OCH3 is 1. The first-order valence-electron chi connectivity index (χ1n) is 6.23. The van der Waals surface area contributed by atoms with Gasteiger partial charge in [-0.3, -0.25) is 4.98 Å². The second-order valence-corrected chi connectivity index (χ2v) is 4.35. The van der Waals surface area contributed by atoms with Gasteiger partial charge < -0.3 is 21.1 Å². The fraction of sp³-hybridized carbons (Fsp3) is 0.308. The summed E-state index contributed by atoms with van der Waals surface area (Å²) in [7, 11) is 1.65. The van der Waals surface area contributed by atoms with Crippen LogP contribution in [-0.2, 0) is 4.74 Å². The van der Waals surface area contributed by atoms with Gasteiger partial charge in [-0.05, 0) is 19.1 Å². The second kappa shape index (κ2) is 6.67. The zero-order chi connectivity index (χ0) is 14.4. The van der Waals surface area contributed by atoms with E-state index in [0.29, 0.717) is 23.9 Å². The second-order valence-electron chi connectivity index (χ2n) is 4.35. The van der Waals surface area contributed by atoms with Gasteiger partial charge in [-0.2, -0.15) is 0 Å². The van der Waals surface area contributed by atoms with Crippen molar-refractivity contribution in [3.05, 3.63) is 30.9 Å². The van der Waals surface area contributed by atoms with Crippen molar-refractivity contribution in [2.45, 2.75) is 13.0 Å². The van der Waals surface area contributed by atoms with E-state index in [9.17, 15) is 0 Å². The Morgan fingerprint density at radius 3 is 2.65 bits per heavy atom. The van der Waals surface area contributed by atoms with E-state index in [1.165, 1.54) is 6.33 Å². The van der Waals surface area contributed by atoms with Crippen molar-refractivity contribution in [3.8, 4) is 0 Å². The maximum Gasteiger partial charge on any atom is 0.159 e. The summed E-state index contributed by atoms with van der Waals surface area (Å²) in [5.74, 6) is 1.14. The summed E-state index contributed by atoms with van der Waals surface area (Å²) in [6, 6.07) is 3.77. The number of rotatable bonds is 6. The Hall–Kier alpha value is -2.41. The molecular formula is C13H18N6O. The summed E-state index contributed by atoms with van der Waals surface area (Å²) in [5, 5.41) is 6.31. The molecule has 0 aliphatic rings. The Balaban J connectivity index is 2.15. The molecule has 2 rings (SSSR count). The van der Waals surface area contributed by atoms with Crippen LogP contribution in [0.1, 0.15) is 6.92 Å². The zero-order valence-corrected chi connectivity index (χ0v) is 11.5. The first-order valence-corrected chi connectivity index (χ1v) is 6.23. The van der Waals surface area contributed by atoms with Crippen molar-refractivity contribution >= 4 is 23.0 Å². The fourth-order valence-corrected chi connectivity index (χ4v) is 1.71. The summed E-state index contributed by atoms with van der Waals surface area (Å²) in [4.78, 5) is 12.3. The number of nitrogens with two attached hydrogens (primary N) is 1. The molecule has 4 N–H and O–H groups in total. The number of pyridine rings is 1. The summed E-state index contributed by atoms with van der Waals surface area (Å²) in [6.45, 7) is 2.55. The van der Waals surface area contributed by atoms with Crippen molar-refractivity contribution in [1.82, 2.24) is 15.0 Å². The van der Waals surface area contributed by atoms with Crippen molar-refractivity contribution in [2.24, 2.45) is 0 Å². The molecule has 0 aliphatic heterocycles. The Morgan fingerprint density at radius 1 is 1.25 bits per heavy atom. The van der Waals surface area contributed by atoms with Gasteiger partial charge in [0.25, 0.3) is 0 Å². The van der Waals surface area contributed by atoms with Gasteiger partial charge >= 0.3 is 0 Å². The normalized spacial score (nSPS) is 11.9. The van der Waals surface area contributed by atoms with E-state index in [4.69, 9.17) is 10.5 Å². The number of anilines is 4. The van der Waals surface area contributed by atoms with E-state index < -0.39 is 0 Å². The van der Waals surface area contributed by atoms with Crippen LogP contribution in [0.15, 0.2) is 30.9 Å². The van der Waals surface area contributed by atoms with Crippen LogP contribution in [0.4, 0.5) is 23.0 Å². The maximum absolute atomic E-state index is 6.07. The molecule has 106 valence electrons. The lowest BCUT2D eigenvalue weighted by molar-refractivity contribution is 0.190. The molecular weight excluding hydrogens is 256 g/mol. The molecule has 0 bridgehead atoms. The summed E-state index contributed by atoms with van der Waals surface area (Å²) in [6.07, 6.45) is 4.85. The topological polar surface area (TPSA) is 98.0 Å². The summed E-state index contributed by atoms with van der Waals surface area (Å²) in [5.41, 5.74) is 7.40. The third-order valence-corrected chi connectivity index (χ3v) is 2.63. The Kier molecular flexibility index (Phi) is 4.67. The highest BCUT2D eigenvalue weighted by Gasteiger charge is 2.10. The monoisotopic (exact) mass is 274 g/mol. The van der Waals surface area contributed by atoms with E-state index >= 15 is 0 Å². The lowest BCUT2D eigenvalue weighted by Crippen LogP contribution is -2.22. The van der Waals surface area contributed by atoms with Crippen molar-refractivity contribution < 1.29 is 4.74 Å². The highest BCUT2D eigenvalue weighted by molar-refractivity contribution is 5.77. The molecule has 0 radical (unpaired) electrons. The number of aromatic nitrogens is 3. The molecule has 0 saturated carbocycles. The van der Waals surface area contributed by atoms with E-state index in [2.05, 4.69) is 25.6 Å². The van der Waals surface area contributed by atoms with Crippen LogP contribution in [0.25, 0.3) is 0 Å². The average Bonchev–Trinajstić information content (AvgIpc) is 2.45. The van der Waals surface area contributed by atoms with Gasteiger partial charge in [-0.1, -0.05) is 0 Å². The predicted molar refractivity (Wildman–Crippen MR) is 78.9 cm³/mol. The predicted octanol–water partition coefficient (Wildman–Crippen LogP) is 1.64. The van der Waals surface area contributed by atoms with E-state index in [-0.39, 0.29) is 6.04 Å². The largest absolute Gasteiger partial charge is 0.393 e. The molecule has 0 saturated heterocycles. The SMILES string of the molecule is COCC(C)Nc1ncnc(Nc2ccncc2)c1N. The molecule has 2 heterocycles. The Bertz CT molecular complexity index is 548. The number of hydrogen-bond donors (Lipinski definition) is 3. The van der Waals surface area contributed by atoms with Crippen LogP contribution in [-0.4, -0.2) is 34.7 Å². The molecule has 0 aliphatic carbocycles. The molecule has 1 unspecified atom stereocenters.